The Balaban J connectivity index is 1.16. The molecule has 2 aliphatic rings. The van der Waals surface area contributed by atoms with Crippen LogP contribution in [0.3, 0.4) is 0 Å². The maximum absolute atomic E-state index is 6.48. The summed E-state index contributed by atoms with van der Waals surface area (Å²) in [4.78, 5) is 5.14. The lowest BCUT2D eigenvalue weighted by Crippen LogP contribution is -2.16. The molecule has 0 atom stereocenters. The second-order valence-corrected chi connectivity index (χ2v) is 17.1. The van der Waals surface area contributed by atoms with Gasteiger partial charge in [0.25, 0.3) is 0 Å². The molecule has 55 heavy (non-hydrogen) atoms. The number of furan rings is 1. The van der Waals surface area contributed by atoms with Gasteiger partial charge in [-0.25, -0.2) is 0 Å². The molecule has 2 aromatic heterocycles. The third kappa shape index (κ3) is 4.60. The number of fused-ring (bicyclic) bond motifs is 9. The summed E-state index contributed by atoms with van der Waals surface area (Å²) in [6.07, 6.45) is 0. The minimum atomic E-state index is -0.130. The Morgan fingerprint density at radius 3 is 1.95 bits per heavy atom. The first-order valence-corrected chi connectivity index (χ1v) is 20.0. The van der Waals surface area contributed by atoms with E-state index in [2.05, 4.69) is 190 Å². The Bertz CT molecular complexity index is 3000. The number of para-hydroxylation sites is 1. The molecule has 9 aromatic rings. The van der Waals surface area contributed by atoms with Crippen molar-refractivity contribution in [1.29, 1.82) is 0 Å². The highest BCUT2D eigenvalue weighted by Gasteiger charge is 2.41. The number of benzene rings is 7. The molecule has 2 heterocycles. The quantitative estimate of drug-likeness (QED) is 0.176. The second-order valence-electron chi connectivity index (χ2n) is 16.1. The van der Waals surface area contributed by atoms with Gasteiger partial charge in [-0.1, -0.05) is 149 Å². The molecule has 3 heteroatoms. The lowest BCUT2D eigenvalue weighted by molar-refractivity contribution is 0.660. The van der Waals surface area contributed by atoms with Crippen molar-refractivity contribution < 1.29 is 4.42 Å². The van der Waals surface area contributed by atoms with E-state index in [0.717, 1.165) is 39.0 Å². The van der Waals surface area contributed by atoms with E-state index in [-0.39, 0.29) is 10.8 Å². The zero-order valence-electron chi connectivity index (χ0n) is 31.4. The molecule has 0 spiro atoms. The van der Waals surface area contributed by atoms with Crippen LogP contribution in [-0.2, 0) is 10.8 Å². The standard InChI is InChI=1S/C52H39NOS/c1-51(2)40-23-11-8-20-36(40)37-29-28-35(31-42(37)51)53(43-25-15-27-45-47(43)39-22-10-13-26-44(39)54-45)34-19-14-18-33(30-34)49-46(32-16-6-5-7-17-32)48-50(55-49)38-21-9-12-24-41(38)52(48,3)4/h5-31H,1-4H3. The van der Waals surface area contributed by atoms with E-state index < -0.39 is 0 Å². The predicted molar refractivity (Wildman–Crippen MR) is 232 cm³/mol. The predicted octanol–water partition coefficient (Wildman–Crippen LogP) is 15.1. The van der Waals surface area contributed by atoms with Gasteiger partial charge in [0.15, 0.2) is 0 Å². The highest BCUT2D eigenvalue weighted by molar-refractivity contribution is 7.20. The van der Waals surface area contributed by atoms with Crippen LogP contribution in [0.4, 0.5) is 17.1 Å². The van der Waals surface area contributed by atoms with Crippen LogP contribution in [0.5, 0.6) is 0 Å². The Morgan fingerprint density at radius 2 is 1.11 bits per heavy atom. The summed E-state index contributed by atoms with van der Waals surface area (Å²) >= 11 is 1.93. The van der Waals surface area contributed by atoms with Crippen molar-refractivity contribution in [2.75, 3.05) is 4.90 Å². The maximum Gasteiger partial charge on any atom is 0.137 e. The van der Waals surface area contributed by atoms with Gasteiger partial charge in [-0.05, 0) is 92.5 Å². The zero-order valence-corrected chi connectivity index (χ0v) is 32.2. The van der Waals surface area contributed by atoms with Crippen molar-refractivity contribution >= 4 is 50.3 Å². The van der Waals surface area contributed by atoms with Gasteiger partial charge >= 0.3 is 0 Å². The van der Waals surface area contributed by atoms with Crippen molar-refractivity contribution in [3.8, 4) is 43.1 Å². The number of rotatable bonds is 5. The summed E-state index contributed by atoms with van der Waals surface area (Å²) in [5, 5.41) is 2.23. The fourth-order valence-electron chi connectivity index (χ4n) is 9.65. The third-order valence-corrected chi connectivity index (χ3v) is 13.5. The third-order valence-electron chi connectivity index (χ3n) is 12.3. The molecular formula is C52H39NOS. The van der Waals surface area contributed by atoms with E-state index in [1.165, 1.54) is 65.4 Å². The van der Waals surface area contributed by atoms with Gasteiger partial charge < -0.3 is 9.32 Å². The molecule has 0 unspecified atom stereocenters. The average Bonchev–Trinajstić information content (AvgIpc) is 3.93. The first-order valence-electron chi connectivity index (χ1n) is 19.2. The van der Waals surface area contributed by atoms with E-state index in [1.807, 2.05) is 17.4 Å². The van der Waals surface area contributed by atoms with Gasteiger partial charge in [-0.15, -0.1) is 11.3 Å². The molecule has 0 radical (unpaired) electrons. The molecule has 0 saturated carbocycles. The van der Waals surface area contributed by atoms with Crippen LogP contribution in [0.25, 0.3) is 65.1 Å². The van der Waals surface area contributed by atoms with Crippen LogP contribution in [-0.4, -0.2) is 0 Å². The van der Waals surface area contributed by atoms with Crippen molar-refractivity contribution in [3.05, 3.63) is 186 Å². The Kier molecular flexibility index (Phi) is 6.85. The molecule has 11 rings (SSSR count). The highest BCUT2D eigenvalue weighted by Crippen LogP contribution is 2.59. The normalized spacial score (nSPS) is 14.5. The van der Waals surface area contributed by atoms with Crippen LogP contribution < -0.4 is 4.90 Å². The monoisotopic (exact) mass is 725 g/mol. The van der Waals surface area contributed by atoms with Gasteiger partial charge in [0.05, 0.1) is 11.1 Å². The molecule has 0 N–H and O–H groups in total. The van der Waals surface area contributed by atoms with E-state index in [1.54, 1.807) is 0 Å². The molecule has 0 aliphatic heterocycles. The molecule has 0 bridgehead atoms. The lowest BCUT2D eigenvalue weighted by atomic mass is 9.79. The molecule has 2 aliphatic carbocycles. The van der Waals surface area contributed by atoms with Crippen LogP contribution in [0.1, 0.15) is 49.9 Å². The Morgan fingerprint density at radius 1 is 0.473 bits per heavy atom. The molecule has 2 nitrogen and oxygen atoms in total. The molecule has 0 amide bonds. The molecule has 0 saturated heterocycles. The summed E-state index contributed by atoms with van der Waals surface area (Å²) in [6, 6.07) is 60.0. The first kappa shape index (κ1) is 32.3. The second kappa shape index (κ2) is 11.7. The van der Waals surface area contributed by atoms with Crippen molar-refractivity contribution in [3.63, 3.8) is 0 Å². The molecule has 7 aromatic carbocycles. The van der Waals surface area contributed by atoms with Crippen molar-refractivity contribution in [2.24, 2.45) is 0 Å². The van der Waals surface area contributed by atoms with Gasteiger partial charge in [0, 0.05) is 42.9 Å². The smallest absolute Gasteiger partial charge is 0.137 e. The minimum absolute atomic E-state index is 0.123. The van der Waals surface area contributed by atoms with Gasteiger partial charge in [0.1, 0.15) is 11.2 Å². The number of thiophene rings is 1. The van der Waals surface area contributed by atoms with E-state index in [9.17, 15) is 0 Å². The summed E-state index contributed by atoms with van der Waals surface area (Å²) in [5.74, 6) is 0. The largest absolute Gasteiger partial charge is 0.456 e. The Labute approximate surface area is 326 Å². The summed E-state index contributed by atoms with van der Waals surface area (Å²) in [5.41, 5.74) is 18.2. The van der Waals surface area contributed by atoms with Crippen molar-refractivity contribution in [1.82, 2.24) is 0 Å². The van der Waals surface area contributed by atoms with Crippen LogP contribution in [0, 0.1) is 0 Å². The fraction of sp³-hybridized carbons (Fsp3) is 0.115. The van der Waals surface area contributed by atoms with E-state index in [0.29, 0.717) is 0 Å². The molecular weight excluding hydrogens is 687 g/mol. The summed E-state index contributed by atoms with van der Waals surface area (Å²) in [6.45, 7) is 9.50. The number of hydrogen-bond donors (Lipinski definition) is 0. The zero-order chi connectivity index (χ0) is 37.1. The minimum Gasteiger partial charge on any atom is -0.456 e. The van der Waals surface area contributed by atoms with Crippen LogP contribution >= 0.6 is 11.3 Å². The van der Waals surface area contributed by atoms with Crippen LogP contribution in [0.2, 0.25) is 0 Å². The fourth-order valence-corrected chi connectivity index (χ4v) is 11.2. The van der Waals surface area contributed by atoms with E-state index in [4.69, 9.17) is 4.42 Å². The summed E-state index contributed by atoms with van der Waals surface area (Å²) < 4.78 is 6.48. The van der Waals surface area contributed by atoms with Gasteiger partial charge in [-0.2, -0.15) is 0 Å². The van der Waals surface area contributed by atoms with Crippen molar-refractivity contribution in [2.45, 2.75) is 38.5 Å². The lowest BCUT2D eigenvalue weighted by Gasteiger charge is -2.29. The van der Waals surface area contributed by atoms with Gasteiger partial charge in [0.2, 0.25) is 0 Å². The van der Waals surface area contributed by atoms with Gasteiger partial charge in [-0.3, -0.25) is 0 Å². The first-order chi connectivity index (χ1) is 26.8. The van der Waals surface area contributed by atoms with E-state index >= 15 is 0 Å². The topological polar surface area (TPSA) is 16.4 Å². The average molecular weight is 726 g/mol. The number of anilines is 3. The SMILES string of the molecule is CC1(C)c2ccccc2-c2ccc(N(c3cccc(-c4sc5c(c4-c4ccccc4)C(C)(C)c4ccccc4-5)c3)c3cccc4oc5ccccc5c34)cc21. The molecule has 264 valence electrons. The Hall–Kier alpha value is -6.16. The number of hydrogen-bond acceptors (Lipinski definition) is 3. The highest BCUT2D eigenvalue weighted by atomic mass is 32.1. The number of nitrogens with zero attached hydrogens (tertiary/aromatic N) is 1. The summed E-state index contributed by atoms with van der Waals surface area (Å²) in [7, 11) is 0. The van der Waals surface area contributed by atoms with Crippen LogP contribution in [0.15, 0.2) is 168 Å². The molecule has 0 fully saturated rings. The maximum atomic E-state index is 6.48.